The van der Waals surface area contributed by atoms with Crippen molar-refractivity contribution in [2.75, 3.05) is 45.9 Å². The molecule has 3 rings (SSSR count). The normalized spacial score (nSPS) is 15.1. The number of hydrogen-bond acceptors (Lipinski definition) is 7. The lowest BCUT2D eigenvalue weighted by atomic mass is 9.98. The summed E-state index contributed by atoms with van der Waals surface area (Å²) < 4.78 is 5.22. The zero-order valence-electron chi connectivity index (χ0n) is 24.5. The van der Waals surface area contributed by atoms with Crippen LogP contribution in [0.2, 0.25) is 0 Å². The number of hydrogen-bond donors (Lipinski definition) is 5. The molecule has 0 aliphatic carbocycles. The standard InChI is InChI=1S/C31H43N5O7/c37-20-19-35(18-16-33-30(40)43-23-25-11-5-2-6-12-25)29(39)27(34-28(38)26-13-7-15-32-21-26)14-8-17-36(31(41)42)22-24-9-3-1-4-10-24/h1-6,9-12,26-27,32,37H,7-8,13-23H2,(H,33,40)(H,34,38)(H,41,42)/t26?,27-/m0/s1. The molecule has 1 heterocycles. The minimum Gasteiger partial charge on any atom is -0.465 e. The van der Waals surface area contributed by atoms with Crippen LogP contribution in [0.15, 0.2) is 60.7 Å². The average molecular weight is 598 g/mol. The first-order valence-corrected chi connectivity index (χ1v) is 14.7. The summed E-state index contributed by atoms with van der Waals surface area (Å²) in [6, 6.07) is 17.5. The van der Waals surface area contributed by atoms with Gasteiger partial charge in [0.25, 0.3) is 0 Å². The van der Waals surface area contributed by atoms with E-state index in [1.54, 1.807) is 0 Å². The fourth-order valence-electron chi connectivity index (χ4n) is 4.90. The summed E-state index contributed by atoms with van der Waals surface area (Å²) in [4.78, 5) is 53.5. The monoisotopic (exact) mass is 597 g/mol. The number of aliphatic hydroxyl groups is 1. The van der Waals surface area contributed by atoms with Crippen molar-refractivity contribution in [2.24, 2.45) is 5.92 Å². The van der Waals surface area contributed by atoms with Gasteiger partial charge in [-0.1, -0.05) is 60.7 Å². The summed E-state index contributed by atoms with van der Waals surface area (Å²) >= 11 is 0. The van der Waals surface area contributed by atoms with Gasteiger partial charge in [-0.2, -0.15) is 0 Å². The molecule has 0 saturated carbocycles. The van der Waals surface area contributed by atoms with E-state index < -0.39 is 24.1 Å². The van der Waals surface area contributed by atoms with Crippen LogP contribution >= 0.6 is 0 Å². The highest BCUT2D eigenvalue weighted by Crippen LogP contribution is 2.13. The molecular formula is C31H43N5O7. The third-order valence-corrected chi connectivity index (χ3v) is 7.24. The lowest BCUT2D eigenvalue weighted by Gasteiger charge is -2.30. The first-order chi connectivity index (χ1) is 20.9. The van der Waals surface area contributed by atoms with Crippen LogP contribution in [0.3, 0.4) is 0 Å². The zero-order valence-corrected chi connectivity index (χ0v) is 24.5. The van der Waals surface area contributed by atoms with E-state index in [0.717, 1.165) is 24.1 Å². The van der Waals surface area contributed by atoms with Crippen LogP contribution in [-0.2, 0) is 27.5 Å². The molecule has 0 spiro atoms. The van der Waals surface area contributed by atoms with Gasteiger partial charge in [0.1, 0.15) is 12.6 Å². The fourth-order valence-corrected chi connectivity index (χ4v) is 4.90. The van der Waals surface area contributed by atoms with Crippen molar-refractivity contribution in [3.63, 3.8) is 0 Å². The number of ether oxygens (including phenoxy) is 1. The highest BCUT2D eigenvalue weighted by atomic mass is 16.5. The van der Waals surface area contributed by atoms with Crippen LogP contribution in [0, 0.1) is 5.92 Å². The second-order valence-electron chi connectivity index (χ2n) is 10.5. The van der Waals surface area contributed by atoms with Crippen molar-refractivity contribution in [2.45, 2.75) is 44.9 Å². The van der Waals surface area contributed by atoms with Gasteiger partial charge >= 0.3 is 12.2 Å². The Hall–Kier alpha value is -4.16. The van der Waals surface area contributed by atoms with Crippen molar-refractivity contribution in [1.29, 1.82) is 0 Å². The molecule has 2 aromatic rings. The molecule has 12 heteroatoms. The van der Waals surface area contributed by atoms with Crippen LogP contribution in [-0.4, -0.2) is 95.9 Å². The highest BCUT2D eigenvalue weighted by molar-refractivity contribution is 5.88. The Labute approximate surface area is 252 Å². The van der Waals surface area contributed by atoms with E-state index in [0.29, 0.717) is 19.4 Å². The molecule has 1 aliphatic rings. The molecule has 0 radical (unpaired) electrons. The number of aliphatic hydroxyl groups excluding tert-OH is 1. The highest BCUT2D eigenvalue weighted by Gasteiger charge is 2.29. The molecular weight excluding hydrogens is 554 g/mol. The van der Waals surface area contributed by atoms with Gasteiger partial charge in [0.05, 0.1) is 12.5 Å². The Morgan fingerprint density at radius 2 is 1.65 bits per heavy atom. The van der Waals surface area contributed by atoms with E-state index in [-0.39, 0.29) is 64.2 Å². The third kappa shape index (κ3) is 11.9. The summed E-state index contributed by atoms with van der Waals surface area (Å²) in [5.74, 6) is -0.919. The molecule has 1 aliphatic heterocycles. The molecule has 2 aromatic carbocycles. The maximum absolute atomic E-state index is 13.6. The van der Waals surface area contributed by atoms with E-state index in [1.165, 1.54) is 9.80 Å². The molecule has 1 unspecified atom stereocenters. The minimum atomic E-state index is -1.07. The number of alkyl carbamates (subject to hydrolysis) is 1. The van der Waals surface area contributed by atoms with Crippen LogP contribution in [0.25, 0.3) is 0 Å². The summed E-state index contributed by atoms with van der Waals surface area (Å²) in [5.41, 5.74) is 1.69. The lowest BCUT2D eigenvalue weighted by Crippen LogP contribution is -2.53. The maximum atomic E-state index is 13.6. The number of benzene rings is 2. The number of nitrogens with one attached hydrogen (secondary N) is 3. The molecule has 234 valence electrons. The van der Waals surface area contributed by atoms with Crippen molar-refractivity contribution in [3.05, 3.63) is 71.8 Å². The molecule has 1 saturated heterocycles. The van der Waals surface area contributed by atoms with Gasteiger partial charge < -0.3 is 40.7 Å². The Bertz CT molecular complexity index is 1150. The SMILES string of the molecule is O=C(NCCN(CCO)C(=O)[C@H](CCCN(Cc1ccccc1)C(=O)O)NC(=O)C1CCCNC1)OCc1ccccc1. The number of carbonyl (C=O) groups is 4. The van der Waals surface area contributed by atoms with Crippen LogP contribution in [0.1, 0.15) is 36.8 Å². The molecule has 4 amide bonds. The summed E-state index contributed by atoms with van der Waals surface area (Å²) in [7, 11) is 0. The minimum absolute atomic E-state index is 0.00614. The van der Waals surface area contributed by atoms with Gasteiger partial charge in [0.15, 0.2) is 0 Å². The van der Waals surface area contributed by atoms with Gasteiger partial charge in [-0.3, -0.25) is 9.59 Å². The topological polar surface area (TPSA) is 161 Å². The van der Waals surface area contributed by atoms with E-state index in [2.05, 4.69) is 16.0 Å². The molecule has 12 nitrogen and oxygen atoms in total. The summed E-state index contributed by atoms with van der Waals surface area (Å²) in [6.45, 7) is 1.71. The van der Waals surface area contributed by atoms with Gasteiger partial charge in [-0.05, 0) is 43.4 Å². The Kier molecular flexibility index (Phi) is 14.3. The molecule has 5 N–H and O–H groups in total. The zero-order chi connectivity index (χ0) is 30.9. The first kappa shape index (κ1) is 33.3. The van der Waals surface area contributed by atoms with Gasteiger partial charge in [-0.25, -0.2) is 9.59 Å². The van der Waals surface area contributed by atoms with Crippen molar-refractivity contribution in [3.8, 4) is 0 Å². The largest absolute Gasteiger partial charge is 0.465 e. The van der Waals surface area contributed by atoms with E-state index >= 15 is 0 Å². The third-order valence-electron chi connectivity index (χ3n) is 7.24. The van der Waals surface area contributed by atoms with Crippen molar-refractivity contribution >= 4 is 24.0 Å². The van der Waals surface area contributed by atoms with E-state index in [9.17, 15) is 29.4 Å². The number of rotatable bonds is 16. The predicted octanol–water partition coefficient (Wildman–Crippen LogP) is 2.18. The summed E-state index contributed by atoms with van der Waals surface area (Å²) in [6.07, 6.45) is 0.386. The van der Waals surface area contributed by atoms with Crippen LogP contribution in [0.5, 0.6) is 0 Å². The van der Waals surface area contributed by atoms with Gasteiger partial charge in [0, 0.05) is 39.3 Å². The van der Waals surface area contributed by atoms with E-state index in [4.69, 9.17) is 4.74 Å². The quantitative estimate of drug-likeness (QED) is 0.197. The Morgan fingerprint density at radius 3 is 2.28 bits per heavy atom. The molecule has 0 aromatic heterocycles. The molecule has 0 bridgehead atoms. The molecule has 2 atom stereocenters. The number of amides is 4. The van der Waals surface area contributed by atoms with Gasteiger partial charge in [-0.15, -0.1) is 0 Å². The average Bonchev–Trinajstić information content (AvgIpc) is 3.03. The maximum Gasteiger partial charge on any atom is 0.407 e. The fraction of sp³-hybridized carbons (Fsp3) is 0.484. The smallest absolute Gasteiger partial charge is 0.407 e. The Balaban J connectivity index is 1.59. The number of carbonyl (C=O) groups excluding carboxylic acids is 3. The van der Waals surface area contributed by atoms with Crippen LogP contribution < -0.4 is 16.0 Å². The number of nitrogens with zero attached hydrogens (tertiary/aromatic N) is 2. The number of piperidine rings is 1. The second-order valence-corrected chi connectivity index (χ2v) is 10.5. The predicted molar refractivity (Wildman–Crippen MR) is 160 cm³/mol. The van der Waals surface area contributed by atoms with Crippen LogP contribution in [0.4, 0.5) is 9.59 Å². The Morgan fingerprint density at radius 1 is 0.953 bits per heavy atom. The van der Waals surface area contributed by atoms with E-state index in [1.807, 2.05) is 60.7 Å². The number of carboxylic acid groups (broad SMARTS) is 1. The summed E-state index contributed by atoms with van der Waals surface area (Å²) in [5, 5.41) is 28.1. The lowest BCUT2D eigenvalue weighted by molar-refractivity contribution is -0.138. The molecule has 43 heavy (non-hydrogen) atoms. The molecule has 1 fully saturated rings. The van der Waals surface area contributed by atoms with Crippen molar-refractivity contribution in [1.82, 2.24) is 25.8 Å². The first-order valence-electron chi connectivity index (χ1n) is 14.7. The van der Waals surface area contributed by atoms with Gasteiger partial charge in [0.2, 0.25) is 11.8 Å². The van der Waals surface area contributed by atoms with Crippen molar-refractivity contribution < 1.29 is 34.1 Å². The second kappa shape index (κ2) is 18.4.